The fourth-order valence-electron chi connectivity index (χ4n) is 5.31. The van der Waals surface area contributed by atoms with E-state index in [9.17, 15) is 17.6 Å². The number of carbonyl (C=O) groups excluding carboxylic acids is 1. The Morgan fingerprint density at radius 1 is 1.13 bits per heavy atom. The summed E-state index contributed by atoms with van der Waals surface area (Å²) in [6, 6.07) is 11.1. The van der Waals surface area contributed by atoms with Crippen LogP contribution < -0.4 is 0 Å². The topological polar surface area (TPSA) is 116 Å². The van der Waals surface area contributed by atoms with Gasteiger partial charge in [0.05, 0.1) is 29.2 Å². The van der Waals surface area contributed by atoms with Gasteiger partial charge in [-0.05, 0) is 74.7 Å². The largest absolute Gasteiger partial charge is 0.291 e. The van der Waals surface area contributed by atoms with Gasteiger partial charge in [0.15, 0.2) is 5.78 Å². The lowest BCUT2D eigenvalue weighted by Crippen LogP contribution is -2.53. The maximum Gasteiger partial charge on any atom is 0.264 e. The van der Waals surface area contributed by atoms with E-state index in [0.717, 1.165) is 16.8 Å². The second-order valence-electron chi connectivity index (χ2n) is 10.1. The highest BCUT2D eigenvalue weighted by molar-refractivity contribution is 7.89. The predicted octanol–water partition coefficient (Wildman–Crippen LogP) is 3.48. The first-order chi connectivity index (χ1) is 18.7. The molecule has 1 saturated heterocycles. The molecule has 0 radical (unpaired) electrons. The number of fused-ring (bicyclic) bond motifs is 2. The van der Waals surface area contributed by atoms with Crippen molar-refractivity contribution in [1.82, 2.24) is 34.1 Å². The maximum atomic E-state index is 14.2. The van der Waals surface area contributed by atoms with Crippen molar-refractivity contribution in [2.75, 3.05) is 13.1 Å². The van der Waals surface area contributed by atoms with Gasteiger partial charge in [0.25, 0.3) is 10.0 Å². The Labute approximate surface area is 224 Å². The van der Waals surface area contributed by atoms with Gasteiger partial charge in [-0.1, -0.05) is 16.9 Å². The highest BCUT2D eigenvalue weighted by Gasteiger charge is 2.51. The lowest BCUT2D eigenvalue weighted by atomic mass is 9.65. The molecule has 0 unspecified atom stereocenters. The molecule has 1 aromatic carbocycles. The molecular formula is C27H26FN7O3S. The number of Topliss-reactive ketones (excluding diaryl/α,β-unsaturated/α-hetero) is 1. The van der Waals surface area contributed by atoms with Crippen molar-refractivity contribution in [3.8, 4) is 5.69 Å². The number of piperidine rings is 1. The van der Waals surface area contributed by atoms with Gasteiger partial charge >= 0.3 is 0 Å². The molecule has 4 heterocycles. The van der Waals surface area contributed by atoms with E-state index in [2.05, 4.69) is 20.4 Å². The molecule has 0 spiro atoms. The third kappa shape index (κ3) is 4.20. The zero-order valence-corrected chi connectivity index (χ0v) is 22.2. The zero-order valence-electron chi connectivity index (χ0n) is 21.4. The summed E-state index contributed by atoms with van der Waals surface area (Å²) in [5, 5.41) is 12.3. The van der Waals surface area contributed by atoms with Crippen LogP contribution in [0, 0.1) is 11.2 Å². The Kier molecular flexibility index (Phi) is 6.03. The molecule has 39 heavy (non-hydrogen) atoms. The number of ketones is 1. The quantitative estimate of drug-likeness (QED) is 0.339. The van der Waals surface area contributed by atoms with Gasteiger partial charge in [-0.15, -0.1) is 5.10 Å². The summed E-state index contributed by atoms with van der Waals surface area (Å²) in [5.41, 5.74) is 2.17. The molecule has 4 aromatic rings. The molecule has 1 aliphatic heterocycles. The molecule has 6 rings (SSSR count). The van der Waals surface area contributed by atoms with Crippen LogP contribution in [0.2, 0.25) is 0 Å². The van der Waals surface area contributed by atoms with Crippen LogP contribution in [0.15, 0.2) is 71.7 Å². The lowest BCUT2D eigenvalue weighted by molar-refractivity contribution is 0.0770. The first kappa shape index (κ1) is 25.3. The van der Waals surface area contributed by atoms with Gasteiger partial charge in [-0.3, -0.25) is 9.78 Å². The summed E-state index contributed by atoms with van der Waals surface area (Å²) in [4.78, 5) is 18.5. The number of hydrogen-bond acceptors (Lipinski definition) is 7. The number of hydrogen-bond donors (Lipinski definition) is 0. The van der Waals surface area contributed by atoms with E-state index in [1.54, 1.807) is 47.4 Å². The van der Waals surface area contributed by atoms with Crippen molar-refractivity contribution in [3.63, 3.8) is 0 Å². The number of nitrogens with zero attached hydrogens (tertiary/aromatic N) is 7. The molecule has 0 saturated carbocycles. The van der Waals surface area contributed by atoms with Gasteiger partial charge in [-0.25, -0.2) is 22.2 Å². The number of pyridine rings is 1. The second-order valence-corrected chi connectivity index (χ2v) is 12.0. The van der Waals surface area contributed by atoms with Gasteiger partial charge in [0.1, 0.15) is 11.5 Å². The Balaban J connectivity index is 1.43. The number of halogens is 1. The molecular weight excluding hydrogens is 521 g/mol. The van der Waals surface area contributed by atoms with Crippen LogP contribution >= 0.6 is 0 Å². The fraction of sp³-hybridized carbons (Fsp3) is 0.296. The third-order valence-corrected chi connectivity index (χ3v) is 9.11. The predicted molar refractivity (Wildman–Crippen MR) is 140 cm³/mol. The van der Waals surface area contributed by atoms with Crippen LogP contribution in [-0.2, 0) is 16.4 Å². The minimum atomic E-state index is -4.02. The van der Waals surface area contributed by atoms with E-state index in [1.807, 2.05) is 19.9 Å². The van der Waals surface area contributed by atoms with Crippen molar-refractivity contribution in [1.29, 1.82) is 0 Å². The van der Waals surface area contributed by atoms with Crippen molar-refractivity contribution in [3.05, 3.63) is 89.4 Å². The van der Waals surface area contributed by atoms with Crippen LogP contribution in [0.3, 0.4) is 0 Å². The Bertz CT molecular complexity index is 1690. The monoisotopic (exact) mass is 547 g/mol. The summed E-state index contributed by atoms with van der Waals surface area (Å²) >= 11 is 0. The van der Waals surface area contributed by atoms with Crippen LogP contribution in [0.25, 0.3) is 11.8 Å². The Morgan fingerprint density at radius 2 is 1.92 bits per heavy atom. The average molecular weight is 548 g/mol. The van der Waals surface area contributed by atoms with Gasteiger partial charge in [0, 0.05) is 25.3 Å². The second kappa shape index (κ2) is 9.31. The summed E-state index contributed by atoms with van der Waals surface area (Å²) in [7, 11) is -4.02. The van der Waals surface area contributed by atoms with E-state index in [-0.39, 0.29) is 47.9 Å². The normalized spacial score (nSPS) is 19.4. The van der Waals surface area contributed by atoms with Crippen LogP contribution in [0.4, 0.5) is 4.39 Å². The SMILES string of the molecule is CC(C)n1cc(S(=O)(=O)N2CCC3=Cc4c(cnn4-c4ccc(F)cc4)C[C@]3(C(=O)c3ccccn3)C2)nn1. The van der Waals surface area contributed by atoms with Crippen molar-refractivity contribution < 1.29 is 17.6 Å². The minimum Gasteiger partial charge on any atom is -0.291 e. The lowest BCUT2D eigenvalue weighted by Gasteiger charge is -2.44. The molecule has 0 N–H and O–H groups in total. The molecule has 10 nitrogen and oxygen atoms in total. The number of carbonyl (C=O) groups is 1. The smallest absolute Gasteiger partial charge is 0.264 e. The van der Waals surface area contributed by atoms with Crippen LogP contribution in [0.1, 0.15) is 48.1 Å². The van der Waals surface area contributed by atoms with E-state index in [1.165, 1.54) is 27.3 Å². The standard InChI is InChI=1S/C27H26FN7O3S/c1-18(2)34-16-25(31-32-34)39(37,38)33-12-10-20-13-24-19(15-30-35(24)22-8-6-21(28)7-9-22)14-27(20,17-33)26(36)23-5-3-4-11-29-23/h3-9,11,13,15-16,18H,10,12,14,17H2,1-2H3/t27-/m0/s1. The summed E-state index contributed by atoms with van der Waals surface area (Å²) in [5.74, 6) is -0.597. The molecule has 2 aliphatic rings. The average Bonchev–Trinajstić information content (AvgIpc) is 3.60. The summed E-state index contributed by atoms with van der Waals surface area (Å²) in [6.45, 7) is 3.89. The molecule has 0 bridgehead atoms. The summed E-state index contributed by atoms with van der Waals surface area (Å²) < 4.78 is 45.4. The number of rotatable bonds is 6. The molecule has 1 fully saturated rings. The molecule has 1 aliphatic carbocycles. The van der Waals surface area contributed by atoms with Crippen LogP contribution in [-0.4, -0.2) is 61.4 Å². The highest BCUT2D eigenvalue weighted by Crippen LogP contribution is 2.47. The first-order valence-electron chi connectivity index (χ1n) is 12.6. The Morgan fingerprint density at radius 3 is 2.62 bits per heavy atom. The molecule has 12 heteroatoms. The number of aromatic nitrogens is 6. The molecule has 1 atom stereocenters. The first-order valence-corrected chi connectivity index (χ1v) is 14.0. The van der Waals surface area contributed by atoms with Crippen molar-refractivity contribution in [2.24, 2.45) is 5.41 Å². The molecule has 0 amide bonds. The van der Waals surface area contributed by atoms with E-state index >= 15 is 0 Å². The van der Waals surface area contributed by atoms with E-state index in [0.29, 0.717) is 12.1 Å². The minimum absolute atomic E-state index is 0.0520. The molecule has 3 aromatic heterocycles. The molecule has 200 valence electrons. The zero-order chi connectivity index (χ0) is 27.4. The maximum absolute atomic E-state index is 14.2. The fourth-order valence-corrected chi connectivity index (χ4v) is 6.68. The van der Waals surface area contributed by atoms with E-state index < -0.39 is 15.4 Å². The highest BCUT2D eigenvalue weighted by atomic mass is 32.2. The number of benzene rings is 1. The number of sulfonamides is 1. The third-order valence-electron chi connectivity index (χ3n) is 7.41. The van der Waals surface area contributed by atoms with Crippen molar-refractivity contribution >= 4 is 21.9 Å². The van der Waals surface area contributed by atoms with Crippen LogP contribution in [0.5, 0.6) is 0 Å². The van der Waals surface area contributed by atoms with Crippen molar-refractivity contribution in [2.45, 2.75) is 37.8 Å². The van der Waals surface area contributed by atoms with Gasteiger partial charge in [0.2, 0.25) is 5.03 Å². The Hall–Kier alpha value is -4.03. The summed E-state index contributed by atoms with van der Waals surface area (Å²) in [6.07, 6.45) is 7.16. The van der Waals surface area contributed by atoms with E-state index in [4.69, 9.17) is 0 Å². The van der Waals surface area contributed by atoms with Gasteiger partial charge < -0.3 is 0 Å². The van der Waals surface area contributed by atoms with Gasteiger partial charge in [-0.2, -0.15) is 9.40 Å².